The zero-order valence-electron chi connectivity index (χ0n) is 10.6. The fourth-order valence-corrected chi connectivity index (χ4v) is 2.43. The first-order valence-corrected chi connectivity index (χ1v) is 6.63. The quantitative estimate of drug-likeness (QED) is 0.843. The van der Waals surface area contributed by atoms with Crippen molar-refractivity contribution in [1.29, 1.82) is 0 Å². The van der Waals surface area contributed by atoms with Crippen LogP contribution in [0.15, 0.2) is 24.3 Å². The third kappa shape index (κ3) is 3.47. The number of rotatable bonds is 3. The standard InChI is InChI=1S/C14H18ClNO2/c1-16(10-11-5-7-18-8-6-11)14(17)12-3-2-4-13(15)9-12/h2-4,9,11H,5-8,10H2,1H3. The highest BCUT2D eigenvalue weighted by Gasteiger charge is 2.19. The van der Waals surface area contributed by atoms with Crippen molar-refractivity contribution in [3.63, 3.8) is 0 Å². The Kier molecular flexibility index (Phi) is 4.61. The summed E-state index contributed by atoms with van der Waals surface area (Å²) in [6.45, 7) is 2.41. The molecule has 1 aromatic carbocycles. The maximum atomic E-state index is 12.2. The van der Waals surface area contributed by atoms with Crippen molar-refractivity contribution >= 4 is 17.5 Å². The zero-order chi connectivity index (χ0) is 13.0. The Labute approximate surface area is 113 Å². The Bertz CT molecular complexity index is 416. The van der Waals surface area contributed by atoms with Gasteiger partial charge in [0, 0.05) is 37.4 Å². The number of ether oxygens (including phenoxy) is 1. The molecule has 0 spiro atoms. The van der Waals surface area contributed by atoms with E-state index in [1.165, 1.54) is 0 Å². The van der Waals surface area contributed by atoms with Crippen LogP contribution < -0.4 is 0 Å². The Morgan fingerprint density at radius 2 is 2.17 bits per heavy atom. The first-order chi connectivity index (χ1) is 8.66. The van der Waals surface area contributed by atoms with Gasteiger partial charge in [-0.2, -0.15) is 0 Å². The summed E-state index contributed by atoms with van der Waals surface area (Å²) in [4.78, 5) is 14.0. The van der Waals surface area contributed by atoms with E-state index in [4.69, 9.17) is 16.3 Å². The van der Waals surface area contributed by atoms with Gasteiger partial charge >= 0.3 is 0 Å². The summed E-state index contributed by atoms with van der Waals surface area (Å²) in [7, 11) is 1.85. The van der Waals surface area contributed by atoms with Gasteiger partial charge in [-0.25, -0.2) is 0 Å². The summed E-state index contributed by atoms with van der Waals surface area (Å²) in [5.74, 6) is 0.580. The Hall–Kier alpha value is -1.06. The van der Waals surface area contributed by atoms with Gasteiger partial charge in [0.25, 0.3) is 5.91 Å². The van der Waals surface area contributed by atoms with E-state index in [1.807, 2.05) is 7.05 Å². The van der Waals surface area contributed by atoms with Gasteiger partial charge in [-0.05, 0) is 37.0 Å². The molecule has 0 aromatic heterocycles. The lowest BCUT2D eigenvalue weighted by Gasteiger charge is -2.27. The lowest BCUT2D eigenvalue weighted by molar-refractivity contribution is 0.0497. The van der Waals surface area contributed by atoms with Crippen molar-refractivity contribution in [1.82, 2.24) is 4.90 Å². The monoisotopic (exact) mass is 267 g/mol. The SMILES string of the molecule is CN(CC1CCOCC1)C(=O)c1cccc(Cl)c1. The molecule has 0 N–H and O–H groups in total. The van der Waals surface area contributed by atoms with Crippen LogP contribution in [0, 0.1) is 5.92 Å². The van der Waals surface area contributed by atoms with Gasteiger partial charge in [0.1, 0.15) is 0 Å². The van der Waals surface area contributed by atoms with Crippen LogP contribution in [0.3, 0.4) is 0 Å². The van der Waals surface area contributed by atoms with E-state index in [9.17, 15) is 4.79 Å². The molecule has 0 radical (unpaired) electrons. The van der Waals surface area contributed by atoms with E-state index >= 15 is 0 Å². The largest absolute Gasteiger partial charge is 0.381 e. The van der Waals surface area contributed by atoms with Crippen LogP contribution in [0.4, 0.5) is 0 Å². The first kappa shape index (κ1) is 13.4. The van der Waals surface area contributed by atoms with Crippen molar-refractivity contribution in [3.05, 3.63) is 34.9 Å². The maximum Gasteiger partial charge on any atom is 0.253 e. The number of benzene rings is 1. The first-order valence-electron chi connectivity index (χ1n) is 6.25. The summed E-state index contributed by atoms with van der Waals surface area (Å²) in [6, 6.07) is 7.09. The molecule has 1 fully saturated rings. The lowest BCUT2D eigenvalue weighted by atomic mass is 9.99. The number of nitrogens with zero attached hydrogens (tertiary/aromatic N) is 1. The minimum atomic E-state index is 0.0315. The highest BCUT2D eigenvalue weighted by atomic mass is 35.5. The molecule has 2 rings (SSSR count). The van der Waals surface area contributed by atoms with E-state index < -0.39 is 0 Å². The van der Waals surface area contributed by atoms with Crippen LogP contribution in [0.2, 0.25) is 5.02 Å². The highest BCUT2D eigenvalue weighted by Crippen LogP contribution is 2.17. The molecule has 0 saturated carbocycles. The predicted octanol–water partition coefficient (Wildman–Crippen LogP) is 2.84. The summed E-state index contributed by atoms with van der Waals surface area (Å²) < 4.78 is 5.32. The van der Waals surface area contributed by atoms with Crippen LogP contribution in [0.5, 0.6) is 0 Å². The maximum absolute atomic E-state index is 12.2. The normalized spacial score (nSPS) is 16.6. The minimum absolute atomic E-state index is 0.0315. The predicted molar refractivity (Wildman–Crippen MR) is 72.0 cm³/mol. The second kappa shape index (κ2) is 6.21. The van der Waals surface area contributed by atoms with Crippen LogP contribution in [0.1, 0.15) is 23.2 Å². The Morgan fingerprint density at radius 1 is 1.44 bits per heavy atom. The van der Waals surface area contributed by atoms with Gasteiger partial charge in [0.2, 0.25) is 0 Å². The van der Waals surface area contributed by atoms with Crippen LogP contribution in [0.25, 0.3) is 0 Å². The zero-order valence-corrected chi connectivity index (χ0v) is 11.3. The van der Waals surface area contributed by atoms with Crippen LogP contribution in [-0.4, -0.2) is 37.6 Å². The molecular formula is C14H18ClNO2. The third-order valence-corrected chi connectivity index (χ3v) is 3.53. The van der Waals surface area contributed by atoms with Crippen molar-refractivity contribution in [2.45, 2.75) is 12.8 Å². The smallest absolute Gasteiger partial charge is 0.253 e. The number of hydrogen-bond donors (Lipinski definition) is 0. The number of halogens is 1. The number of carbonyl (C=O) groups excluding carboxylic acids is 1. The molecule has 0 atom stereocenters. The van der Waals surface area contributed by atoms with E-state index in [-0.39, 0.29) is 5.91 Å². The molecule has 1 aromatic rings. The third-order valence-electron chi connectivity index (χ3n) is 3.29. The fraction of sp³-hybridized carbons (Fsp3) is 0.500. The van der Waals surface area contributed by atoms with Crippen molar-refractivity contribution in [2.75, 3.05) is 26.8 Å². The van der Waals surface area contributed by atoms with Crippen LogP contribution in [-0.2, 0) is 4.74 Å². The van der Waals surface area contributed by atoms with Crippen molar-refractivity contribution in [3.8, 4) is 0 Å². The van der Waals surface area contributed by atoms with Gasteiger partial charge in [-0.15, -0.1) is 0 Å². The van der Waals surface area contributed by atoms with Gasteiger partial charge in [-0.1, -0.05) is 17.7 Å². The van der Waals surface area contributed by atoms with Gasteiger partial charge in [-0.3, -0.25) is 4.79 Å². The Balaban J connectivity index is 1.95. The second-order valence-electron chi connectivity index (χ2n) is 4.75. The van der Waals surface area contributed by atoms with Gasteiger partial charge in [0.05, 0.1) is 0 Å². The molecule has 1 saturated heterocycles. The molecule has 18 heavy (non-hydrogen) atoms. The molecule has 1 aliphatic heterocycles. The molecule has 0 aliphatic carbocycles. The van der Waals surface area contributed by atoms with Crippen molar-refractivity contribution < 1.29 is 9.53 Å². The van der Waals surface area contributed by atoms with Gasteiger partial charge < -0.3 is 9.64 Å². The molecule has 1 heterocycles. The summed E-state index contributed by atoms with van der Waals surface area (Å²) in [6.07, 6.45) is 2.07. The number of amides is 1. The number of hydrogen-bond acceptors (Lipinski definition) is 2. The molecule has 98 valence electrons. The molecule has 3 nitrogen and oxygen atoms in total. The van der Waals surface area contributed by atoms with E-state index in [2.05, 4.69) is 0 Å². The van der Waals surface area contributed by atoms with E-state index in [0.717, 1.165) is 32.6 Å². The number of carbonyl (C=O) groups is 1. The topological polar surface area (TPSA) is 29.5 Å². The summed E-state index contributed by atoms with van der Waals surface area (Å²) >= 11 is 5.90. The summed E-state index contributed by atoms with van der Waals surface area (Å²) in [5, 5.41) is 0.598. The molecule has 1 amide bonds. The average Bonchev–Trinajstić information content (AvgIpc) is 2.39. The molecule has 4 heteroatoms. The molecular weight excluding hydrogens is 250 g/mol. The molecule has 1 aliphatic rings. The fourth-order valence-electron chi connectivity index (χ4n) is 2.24. The van der Waals surface area contributed by atoms with E-state index in [0.29, 0.717) is 16.5 Å². The minimum Gasteiger partial charge on any atom is -0.381 e. The molecule has 0 bridgehead atoms. The van der Waals surface area contributed by atoms with Gasteiger partial charge in [0.15, 0.2) is 0 Å². The second-order valence-corrected chi connectivity index (χ2v) is 5.19. The molecule has 0 unspecified atom stereocenters. The lowest BCUT2D eigenvalue weighted by Crippen LogP contribution is -2.34. The average molecular weight is 268 g/mol. The highest BCUT2D eigenvalue weighted by molar-refractivity contribution is 6.30. The van der Waals surface area contributed by atoms with E-state index in [1.54, 1.807) is 29.2 Å². The summed E-state index contributed by atoms with van der Waals surface area (Å²) in [5.41, 5.74) is 0.650. The van der Waals surface area contributed by atoms with Crippen molar-refractivity contribution in [2.24, 2.45) is 5.92 Å². The van der Waals surface area contributed by atoms with Crippen LogP contribution >= 0.6 is 11.6 Å². The Morgan fingerprint density at radius 3 is 2.83 bits per heavy atom.